The molecule has 0 spiro atoms. The molecule has 0 aromatic rings. The van der Waals surface area contributed by atoms with Gasteiger partial charge in [-0.05, 0) is 37.5 Å². The average molecular weight is 284 g/mol. The van der Waals surface area contributed by atoms with Crippen LogP contribution in [0.4, 0.5) is 4.79 Å². The van der Waals surface area contributed by atoms with Crippen molar-refractivity contribution in [3.8, 4) is 0 Å². The molecule has 1 saturated heterocycles. The number of hydrogen-bond donors (Lipinski definition) is 2. The fourth-order valence-electron chi connectivity index (χ4n) is 2.25. The van der Waals surface area contributed by atoms with E-state index in [1.165, 1.54) is 0 Å². The number of carboxylic acid groups (broad SMARTS) is 1. The van der Waals surface area contributed by atoms with E-state index in [0.29, 0.717) is 5.92 Å². The van der Waals surface area contributed by atoms with Crippen LogP contribution in [0.3, 0.4) is 0 Å². The standard InChI is InChI=1S/C15H28N2O3/c1-11(15(2,3)4)16-14(20)17-9-7-12(8-10-17)5-6-13(18)19/h11-12H,5-10H2,1-4H3,(H,16,20)(H,18,19). The molecule has 0 bridgehead atoms. The van der Waals surface area contributed by atoms with Crippen molar-refractivity contribution < 1.29 is 14.7 Å². The Morgan fingerprint density at radius 1 is 1.30 bits per heavy atom. The van der Waals surface area contributed by atoms with Gasteiger partial charge in [0, 0.05) is 25.6 Å². The molecule has 0 aliphatic carbocycles. The first-order valence-electron chi connectivity index (χ1n) is 7.47. The summed E-state index contributed by atoms with van der Waals surface area (Å²) in [6.07, 6.45) is 2.77. The first kappa shape index (κ1) is 16.8. The summed E-state index contributed by atoms with van der Waals surface area (Å²) in [4.78, 5) is 24.6. The normalized spacial score (nSPS) is 18.7. The van der Waals surface area contributed by atoms with Crippen LogP contribution in [0.25, 0.3) is 0 Å². The molecule has 1 unspecified atom stereocenters. The number of carbonyl (C=O) groups is 2. The second-order valence-electron chi connectivity index (χ2n) is 6.90. The van der Waals surface area contributed by atoms with Crippen LogP contribution in [0.1, 0.15) is 53.4 Å². The molecule has 20 heavy (non-hydrogen) atoms. The van der Waals surface area contributed by atoms with Crippen molar-refractivity contribution in [3.63, 3.8) is 0 Å². The molecule has 2 amide bonds. The molecular weight excluding hydrogens is 256 g/mol. The predicted molar refractivity (Wildman–Crippen MR) is 78.6 cm³/mol. The third kappa shape index (κ3) is 5.39. The van der Waals surface area contributed by atoms with Gasteiger partial charge < -0.3 is 15.3 Å². The van der Waals surface area contributed by atoms with Gasteiger partial charge in [0.2, 0.25) is 0 Å². The second-order valence-corrected chi connectivity index (χ2v) is 6.90. The maximum atomic E-state index is 12.1. The van der Waals surface area contributed by atoms with E-state index in [1.807, 2.05) is 11.8 Å². The average Bonchev–Trinajstić information content (AvgIpc) is 2.35. The number of hydrogen-bond acceptors (Lipinski definition) is 2. The number of carboxylic acids is 1. The summed E-state index contributed by atoms with van der Waals surface area (Å²) in [5.74, 6) is -0.292. The Bertz CT molecular complexity index is 342. The quantitative estimate of drug-likeness (QED) is 0.834. The fraction of sp³-hybridized carbons (Fsp3) is 0.867. The number of nitrogens with one attached hydrogen (secondary N) is 1. The molecule has 5 nitrogen and oxygen atoms in total. The van der Waals surface area contributed by atoms with E-state index in [2.05, 4.69) is 26.1 Å². The highest BCUT2D eigenvalue weighted by atomic mass is 16.4. The summed E-state index contributed by atoms with van der Waals surface area (Å²) in [6.45, 7) is 9.81. The van der Waals surface area contributed by atoms with Crippen LogP contribution in [0.5, 0.6) is 0 Å². The van der Waals surface area contributed by atoms with Crippen molar-refractivity contribution in [1.82, 2.24) is 10.2 Å². The molecule has 1 aliphatic rings. The largest absolute Gasteiger partial charge is 0.481 e. The highest BCUT2D eigenvalue weighted by Crippen LogP contribution is 2.23. The molecule has 0 saturated carbocycles. The molecule has 0 aromatic carbocycles. The maximum Gasteiger partial charge on any atom is 0.317 e. The molecular formula is C15H28N2O3. The number of rotatable bonds is 4. The van der Waals surface area contributed by atoms with Crippen LogP contribution in [0.2, 0.25) is 0 Å². The zero-order valence-electron chi connectivity index (χ0n) is 13.1. The third-order valence-electron chi connectivity index (χ3n) is 4.31. The summed E-state index contributed by atoms with van der Waals surface area (Å²) < 4.78 is 0. The summed E-state index contributed by atoms with van der Waals surface area (Å²) in [6, 6.07) is 0.129. The Hall–Kier alpha value is -1.26. The first-order valence-corrected chi connectivity index (χ1v) is 7.47. The first-order chi connectivity index (χ1) is 9.20. The number of likely N-dealkylation sites (tertiary alicyclic amines) is 1. The van der Waals surface area contributed by atoms with Crippen LogP contribution >= 0.6 is 0 Å². The molecule has 116 valence electrons. The number of aliphatic carboxylic acids is 1. The van der Waals surface area contributed by atoms with Gasteiger partial charge in [0.1, 0.15) is 0 Å². The van der Waals surface area contributed by atoms with E-state index >= 15 is 0 Å². The Labute approximate surface area is 121 Å². The van der Waals surface area contributed by atoms with Gasteiger partial charge in [0.25, 0.3) is 0 Å². The number of carbonyl (C=O) groups excluding carboxylic acids is 1. The minimum absolute atomic E-state index is 0.00381. The Morgan fingerprint density at radius 2 is 1.85 bits per heavy atom. The Kier molecular flexibility index (Phi) is 5.84. The molecule has 1 heterocycles. The third-order valence-corrected chi connectivity index (χ3v) is 4.31. The molecule has 1 rings (SSSR count). The lowest BCUT2D eigenvalue weighted by atomic mass is 9.88. The molecule has 0 radical (unpaired) electrons. The topological polar surface area (TPSA) is 69.6 Å². The van der Waals surface area contributed by atoms with E-state index < -0.39 is 5.97 Å². The SMILES string of the molecule is CC(NC(=O)N1CCC(CCC(=O)O)CC1)C(C)(C)C. The lowest BCUT2D eigenvalue weighted by Crippen LogP contribution is -2.50. The van der Waals surface area contributed by atoms with Crippen LogP contribution in [-0.4, -0.2) is 41.1 Å². The number of nitrogens with zero attached hydrogens (tertiary/aromatic N) is 1. The van der Waals surface area contributed by atoms with Crippen LogP contribution in [-0.2, 0) is 4.79 Å². The molecule has 1 aliphatic heterocycles. The van der Waals surface area contributed by atoms with Crippen molar-refractivity contribution in [2.75, 3.05) is 13.1 Å². The smallest absolute Gasteiger partial charge is 0.317 e. The lowest BCUT2D eigenvalue weighted by molar-refractivity contribution is -0.137. The van der Waals surface area contributed by atoms with Gasteiger partial charge in [-0.1, -0.05) is 20.8 Å². The van der Waals surface area contributed by atoms with E-state index in [0.717, 1.165) is 32.4 Å². The van der Waals surface area contributed by atoms with Gasteiger partial charge in [0.15, 0.2) is 0 Å². The summed E-state index contributed by atoms with van der Waals surface area (Å²) in [7, 11) is 0. The van der Waals surface area contributed by atoms with E-state index in [9.17, 15) is 9.59 Å². The van der Waals surface area contributed by atoms with Crippen LogP contribution < -0.4 is 5.32 Å². The molecule has 5 heteroatoms. The van der Waals surface area contributed by atoms with E-state index in [4.69, 9.17) is 5.11 Å². The summed E-state index contributed by atoms with van der Waals surface area (Å²) >= 11 is 0. The van der Waals surface area contributed by atoms with Crippen molar-refractivity contribution >= 4 is 12.0 Å². The summed E-state index contributed by atoms with van der Waals surface area (Å²) in [5.41, 5.74) is 0.0511. The minimum atomic E-state index is -0.732. The lowest BCUT2D eigenvalue weighted by Gasteiger charge is -2.35. The zero-order valence-corrected chi connectivity index (χ0v) is 13.1. The van der Waals surface area contributed by atoms with Crippen LogP contribution in [0, 0.1) is 11.3 Å². The maximum absolute atomic E-state index is 12.1. The number of urea groups is 1. The Balaban J connectivity index is 2.34. The molecule has 1 atom stereocenters. The van der Waals surface area contributed by atoms with Crippen molar-refractivity contribution in [2.24, 2.45) is 11.3 Å². The van der Waals surface area contributed by atoms with Crippen LogP contribution in [0.15, 0.2) is 0 Å². The van der Waals surface area contributed by atoms with E-state index in [1.54, 1.807) is 0 Å². The highest BCUT2D eigenvalue weighted by molar-refractivity contribution is 5.74. The summed E-state index contributed by atoms with van der Waals surface area (Å²) in [5, 5.41) is 11.7. The second kappa shape index (κ2) is 6.95. The van der Waals surface area contributed by atoms with Crippen molar-refractivity contribution in [3.05, 3.63) is 0 Å². The monoisotopic (exact) mass is 284 g/mol. The Morgan fingerprint density at radius 3 is 2.30 bits per heavy atom. The number of piperidine rings is 1. The van der Waals surface area contributed by atoms with Gasteiger partial charge in [-0.25, -0.2) is 4.79 Å². The van der Waals surface area contributed by atoms with E-state index in [-0.39, 0.29) is 23.9 Å². The highest BCUT2D eigenvalue weighted by Gasteiger charge is 2.27. The zero-order chi connectivity index (χ0) is 15.3. The molecule has 1 fully saturated rings. The predicted octanol–water partition coefficient (Wildman–Crippen LogP) is 2.71. The van der Waals surface area contributed by atoms with Gasteiger partial charge in [-0.3, -0.25) is 4.79 Å². The van der Waals surface area contributed by atoms with Gasteiger partial charge in [0.05, 0.1) is 0 Å². The van der Waals surface area contributed by atoms with Gasteiger partial charge in [-0.2, -0.15) is 0 Å². The fourth-order valence-corrected chi connectivity index (χ4v) is 2.25. The molecule has 2 N–H and O–H groups in total. The molecule has 0 aromatic heterocycles. The van der Waals surface area contributed by atoms with Crippen molar-refractivity contribution in [1.29, 1.82) is 0 Å². The number of amides is 2. The van der Waals surface area contributed by atoms with Gasteiger partial charge in [-0.15, -0.1) is 0 Å². The minimum Gasteiger partial charge on any atom is -0.481 e. The van der Waals surface area contributed by atoms with Crippen molar-refractivity contribution in [2.45, 2.75) is 59.4 Å². The van der Waals surface area contributed by atoms with Gasteiger partial charge >= 0.3 is 12.0 Å².